The molecule has 0 aliphatic carbocycles. The van der Waals surface area contributed by atoms with Gasteiger partial charge >= 0.3 is 0 Å². The zero-order valence-corrected chi connectivity index (χ0v) is 13.0. The quantitative estimate of drug-likeness (QED) is 0.570. The molecule has 0 radical (unpaired) electrons. The minimum atomic E-state index is 0. The van der Waals surface area contributed by atoms with E-state index in [2.05, 4.69) is 30.3 Å². The van der Waals surface area contributed by atoms with Crippen molar-refractivity contribution in [2.75, 3.05) is 25.5 Å². The third kappa shape index (κ3) is 3.09. The van der Waals surface area contributed by atoms with Gasteiger partial charge in [-0.2, -0.15) is 0 Å². The number of quaternary nitrogens is 1. The van der Waals surface area contributed by atoms with Crippen LogP contribution in [0.1, 0.15) is 31.2 Å². The summed E-state index contributed by atoms with van der Waals surface area (Å²) in [5.74, 6) is 0.846. The van der Waals surface area contributed by atoms with E-state index in [0.29, 0.717) is 5.41 Å². The Hall–Kier alpha value is -0.240. The molecule has 106 valence electrons. The number of rotatable bonds is 4. The van der Waals surface area contributed by atoms with Crippen LogP contribution in [0.3, 0.4) is 0 Å². The van der Waals surface area contributed by atoms with Crippen LogP contribution in [0.2, 0.25) is 0 Å². The fraction of sp³-hybridized carbons (Fsp3) is 0.625. The first-order valence-electron chi connectivity index (χ1n) is 7.21. The highest BCUT2D eigenvalue weighted by atomic mass is 35.5. The number of fused-ring (bicyclic) bond motifs is 3. The summed E-state index contributed by atoms with van der Waals surface area (Å²) in [5, 5.41) is 0. The number of hydrogen-bond acceptors (Lipinski definition) is 0. The van der Waals surface area contributed by atoms with Gasteiger partial charge in [0.1, 0.15) is 6.54 Å². The van der Waals surface area contributed by atoms with Crippen LogP contribution in [0.4, 0.5) is 0 Å². The van der Waals surface area contributed by atoms with Gasteiger partial charge in [0.25, 0.3) is 0 Å². The van der Waals surface area contributed by atoms with E-state index in [9.17, 15) is 0 Å². The Morgan fingerprint density at radius 3 is 2.11 bits per heavy atom. The van der Waals surface area contributed by atoms with Crippen LogP contribution < -0.4 is 12.4 Å². The van der Waals surface area contributed by atoms with Crippen LogP contribution in [0.25, 0.3) is 0 Å². The first kappa shape index (κ1) is 15.2. The predicted molar refractivity (Wildman–Crippen MR) is 76.6 cm³/mol. The summed E-state index contributed by atoms with van der Waals surface area (Å²) in [6.07, 6.45) is 5.42. The van der Waals surface area contributed by atoms with E-state index in [4.69, 9.17) is 11.6 Å². The lowest BCUT2D eigenvalue weighted by molar-refractivity contribution is -0.957. The molecule has 0 saturated carbocycles. The Morgan fingerprint density at radius 1 is 1.00 bits per heavy atom. The molecule has 2 bridgehead atoms. The van der Waals surface area contributed by atoms with E-state index in [-0.39, 0.29) is 12.4 Å². The van der Waals surface area contributed by atoms with E-state index in [1.807, 2.05) is 0 Å². The normalized spacial score (nSPS) is 32.9. The van der Waals surface area contributed by atoms with E-state index in [1.54, 1.807) is 0 Å². The van der Waals surface area contributed by atoms with Gasteiger partial charge in [0.05, 0.1) is 19.6 Å². The molecule has 3 heteroatoms. The molecule has 0 amide bonds. The molecule has 3 heterocycles. The maximum atomic E-state index is 5.98. The Kier molecular flexibility index (Phi) is 4.81. The van der Waals surface area contributed by atoms with Gasteiger partial charge in [-0.15, -0.1) is 11.6 Å². The van der Waals surface area contributed by atoms with Crippen molar-refractivity contribution in [2.24, 2.45) is 5.41 Å². The van der Waals surface area contributed by atoms with E-state index >= 15 is 0 Å². The number of hydrogen-bond donors (Lipinski definition) is 0. The SMILES string of the molecule is ClCCC12CC[N+](Cc3ccccc3)(CC1)CC2.[Cl-]. The van der Waals surface area contributed by atoms with Crippen LogP contribution in [-0.4, -0.2) is 30.0 Å². The summed E-state index contributed by atoms with van der Waals surface area (Å²) in [6.45, 7) is 5.33. The number of benzene rings is 1. The first-order valence-corrected chi connectivity index (χ1v) is 7.75. The Balaban J connectivity index is 0.00000133. The fourth-order valence-corrected chi connectivity index (χ4v) is 4.32. The van der Waals surface area contributed by atoms with Crippen molar-refractivity contribution in [2.45, 2.75) is 32.2 Å². The van der Waals surface area contributed by atoms with Crippen molar-refractivity contribution < 1.29 is 16.9 Å². The van der Waals surface area contributed by atoms with E-state index in [1.165, 1.54) is 61.9 Å². The van der Waals surface area contributed by atoms with Gasteiger partial charge in [-0.1, -0.05) is 30.3 Å². The Bertz CT molecular complexity index is 380. The fourth-order valence-electron chi connectivity index (χ4n) is 3.92. The number of alkyl halides is 1. The zero-order chi connectivity index (χ0) is 12.5. The van der Waals surface area contributed by atoms with Crippen LogP contribution >= 0.6 is 11.6 Å². The summed E-state index contributed by atoms with van der Waals surface area (Å²) in [4.78, 5) is 0. The van der Waals surface area contributed by atoms with Crippen LogP contribution in [0, 0.1) is 5.41 Å². The highest BCUT2D eigenvalue weighted by Gasteiger charge is 2.48. The molecule has 0 spiro atoms. The van der Waals surface area contributed by atoms with Gasteiger partial charge in [-0.05, 0) is 11.8 Å². The van der Waals surface area contributed by atoms with Crippen molar-refractivity contribution in [3.05, 3.63) is 35.9 Å². The Labute approximate surface area is 127 Å². The summed E-state index contributed by atoms with van der Waals surface area (Å²) in [7, 11) is 0. The largest absolute Gasteiger partial charge is 1.00 e. The second-order valence-corrected chi connectivity index (χ2v) is 6.72. The number of piperidine rings is 3. The molecule has 0 aromatic heterocycles. The number of halogens is 2. The molecular weight excluding hydrogens is 277 g/mol. The molecule has 3 fully saturated rings. The summed E-state index contributed by atoms with van der Waals surface area (Å²) < 4.78 is 1.33. The standard InChI is InChI=1S/C16H23ClN.ClH/c17-10-6-16-7-11-18(12-8-16,13-9-16)14-15-4-2-1-3-5-15;/h1-5H,6-14H2;1H/q+1;/p-1. The minimum absolute atomic E-state index is 0. The smallest absolute Gasteiger partial charge is 0.104 e. The van der Waals surface area contributed by atoms with Crippen LogP contribution in [-0.2, 0) is 6.54 Å². The summed E-state index contributed by atoms with van der Waals surface area (Å²) in [5.41, 5.74) is 2.11. The van der Waals surface area contributed by atoms with Gasteiger partial charge in [0.15, 0.2) is 0 Å². The Morgan fingerprint density at radius 2 is 1.58 bits per heavy atom. The first-order chi connectivity index (χ1) is 8.76. The van der Waals surface area contributed by atoms with Crippen molar-refractivity contribution >= 4 is 11.6 Å². The van der Waals surface area contributed by atoms with Crippen LogP contribution in [0.5, 0.6) is 0 Å². The van der Waals surface area contributed by atoms with Crippen molar-refractivity contribution in [1.82, 2.24) is 0 Å². The molecule has 1 aromatic carbocycles. The molecule has 0 unspecified atom stereocenters. The zero-order valence-electron chi connectivity index (χ0n) is 11.5. The summed E-state index contributed by atoms with van der Waals surface area (Å²) >= 11 is 5.98. The van der Waals surface area contributed by atoms with Crippen LogP contribution in [0.15, 0.2) is 30.3 Å². The molecule has 1 nitrogen and oxygen atoms in total. The monoisotopic (exact) mass is 299 g/mol. The highest BCUT2D eigenvalue weighted by Crippen LogP contribution is 2.47. The molecule has 3 aliphatic rings. The molecule has 0 N–H and O–H groups in total. The average molecular weight is 300 g/mol. The molecule has 4 rings (SSSR count). The van der Waals surface area contributed by atoms with E-state index < -0.39 is 0 Å². The third-order valence-electron chi connectivity index (χ3n) is 5.34. The van der Waals surface area contributed by atoms with Gasteiger partial charge < -0.3 is 16.9 Å². The second kappa shape index (κ2) is 6.03. The molecule has 0 atom stereocenters. The number of nitrogens with zero attached hydrogens (tertiary/aromatic N) is 1. The highest BCUT2D eigenvalue weighted by molar-refractivity contribution is 6.17. The maximum absolute atomic E-state index is 5.98. The lowest BCUT2D eigenvalue weighted by Crippen LogP contribution is -3.00. The van der Waals surface area contributed by atoms with Crippen molar-refractivity contribution in [3.63, 3.8) is 0 Å². The summed E-state index contributed by atoms with van der Waals surface area (Å²) in [6, 6.07) is 11.0. The molecule has 1 aromatic rings. The average Bonchev–Trinajstić information content (AvgIpc) is 2.42. The molecule has 19 heavy (non-hydrogen) atoms. The molecule has 3 aliphatic heterocycles. The molecular formula is C16H23Cl2N. The van der Waals surface area contributed by atoms with Crippen molar-refractivity contribution in [1.29, 1.82) is 0 Å². The lowest BCUT2D eigenvalue weighted by atomic mass is 9.69. The third-order valence-corrected chi connectivity index (χ3v) is 5.52. The predicted octanol–water partition coefficient (Wildman–Crippen LogP) is 0.820. The maximum Gasteiger partial charge on any atom is 0.104 e. The lowest BCUT2D eigenvalue weighted by Gasteiger charge is -2.55. The van der Waals surface area contributed by atoms with Gasteiger partial charge in [0, 0.05) is 30.7 Å². The van der Waals surface area contributed by atoms with Gasteiger partial charge in [-0.25, -0.2) is 0 Å². The van der Waals surface area contributed by atoms with Gasteiger partial charge in [-0.3, -0.25) is 0 Å². The minimum Gasteiger partial charge on any atom is -1.00 e. The molecule has 3 saturated heterocycles. The van der Waals surface area contributed by atoms with Gasteiger partial charge in [0.2, 0.25) is 0 Å². The topological polar surface area (TPSA) is 0 Å². The second-order valence-electron chi connectivity index (χ2n) is 6.35. The van der Waals surface area contributed by atoms with Crippen molar-refractivity contribution in [3.8, 4) is 0 Å². The van der Waals surface area contributed by atoms with E-state index in [0.717, 1.165) is 5.88 Å².